The van der Waals surface area contributed by atoms with Crippen molar-refractivity contribution in [3.63, 3.8) is 0 Å². The minimum atomic E-state index is -0.435. The fourth-order valence-corrected chi connectivity index (χ4v) is 3.28. The van der Waals surface area contributed by atoms with E-state index in [2.05, 4.69) is 15.1 Å². The van der Waals surface area contributed by atoms with Crippen LogP contribution in [-0.2, 0) is 0 Å². The Labute approximate surface area is 107 Å². The number of aromatic nitrogens is 2. The molecule has 2 atom stereocenters. The van der Waals surface area contributed by atoms with E-state index in [0.29, 0.717) is 11.7 Å². The van der Waals surface area contributed by atoms with E-state index in [1.165, 1.54) is 6.42 Å². The molecule has 0 amide bonds. The molecule has 1 saturated heterocycles. The van der Waals surface area contributed by atoms with Gasteiger partial charge in [-0.25, -0.2) is 0 Å². The molecule has 1 aromatic heterocycles. The summed E-state index contributed by atoms with van der Waals surface area (Å²) < 4.78 is 0. The quantitative estimate of drug-likeness (QED) is 0.781. The van der Waals surface area contributed by atoms with E-state index in [1.54, 1.807) is 6.07 Å². The molecule has 1 aromatic rings. The first-order valence-corrected chi connectivity index (χ1v) is 6.74. The number of hydrogen-bond acceptors (Lipinski definition) is 5. The summed E-state index contributed by atoms with van der Waals surface area (Å²) in [6.07, 6.45) is 5.31. The van der Waals surface area contributed by atoms with Gasteiger partial charge in [0.15, 0.2) is 5.82 Å². The van der Waals surface area contributed by atoms with Gasteiger partial charge in [-0.2, -0.15) is 0 Å². The topological polar surface area (TPSA) is 75.3 Å². The van der Waals surface area contributed by atoms with Crippen LogP contribution in [0.2, 0.25) is 0 Å². The summed E-state index contributed by atoms with van der Waals surface area (Å²) in [6.45, 7) is 1.74. The Morgan fingerprint density at radius 2 is 2.17 bits per heavy atom. The van der Waals surface area contributed by atoms with E-state index in [-0.39, 0.29) is 0 Å². The number of aliphatic hydroxyl groups is 1. The smallest absolute Gasteiger partial charge is 0.151 e. The normalized spacial score (nSPS) is 32.1. The predicted molar refractivity (Wildman–Crippen MR) is 70.2 cm³/mol. The van der Waals surface area contributed by atoms with Crippen LogP contribution in [0.1, 0.15) is 32.1 Å². The molecule has 2 fully saturated rings. The van der Waals surface area contributed by atoms with Gasteiger partial charge in [-0.3, -0.25) is 0 Å². The van der Waals surface area contributed by atoms with E-state index < -0.39 is 5.60 Å². The molecule has 2 heterocycles. The molecule has 1 aliphatic carbocycles. The molecule has 3 rings (SSSR count). The fraction of sp³-hybridized carbons (Fsp3) is 0.692. The molecule has 1 aliphatic heterocycles. The molecule has 0 radical (unpaired) electrons. The highest BCUT2D eigenvalue weighted by Crippen LogP contribution is 2.40. The first-order valence-electron chi connectivity index (χ1n) is 6.74. The summed E-state index contributed by atoms with van der Waals surface area (Å²) >= 11 is 0. The van der Waals surface area contributed by atoms with Gasteiger partial charge in [0, 0.05) is 19.0 Å². The van der Waals surface area contributed by atoms with Gasteiger partial charge in [-0.1, -0.05) is 12.8 Å². The van der Waals surface area contributed by atoms with Crippen LogP contribution in [0.15, 0.2) is 12.1 Å². The number of piperidine rings is 1. The third-order valence-electron chi connectivity index (χ3n) is 4.42. The predicted octanol–water partition coefficient (Wildman–Crippen LogP) is 1.19. The van der Waals surface area contributed by atoms with E-state index in [4.69, 9.17) is 5.73 Å². The van der Waals surface area contributed by atoms with Crippen molar-refractivity contribution in [2.24, 2.45) is 5.92 Å². The Morgan fingerprint density at radius 1 is 1.28 bits per heavy atom. The Hall–Kier alpha value is -1.36. The van der Waals surface area contributed by atoms with Crippen molar-refractivity contribution in [3.8, 4) is 0 Å². The third kappa shape index (κ3) is 2.03. The number of nitrogens with two attached hydrogens (primary N) is 1. The summed E-state index contributed by atoms with van der Waals surface area (Å²) in [7, 11) is 0. The van der Waals surface area contributed by atoms with Crippen molar-refractivity contribution in [1.29, 1.82) is 0 Å². The van der Waals surface area contributed by atoms with Crippen molar-refractivity contribution in [3.05, 3.63) is 12.1 Å². The van der Waals surface area contributed by atoms with E-state index in [1.807, 2.05) is 6.07 Å². The second-order valence-electron chi connectivity index (χ2n) is 5.56. The van der Waals surface area contributed by atoms with Crippen molar-refractivity contribution in [2.45, 2.75) is 37.7 Å². The van der Waals surface area contributed by atoms with Crippen LogP contribution in [0.5, 0.6) is 0 Å². The molecule has 3 N–H and O–H groups in total. The van der Waals surface area contributed by atoms with Gasteiger partial charge in [0.05, 0.1) is 5.60 Å². The van der Waals surface area contributed by atoms with Gasteiger partial charge in [0.25, 0.3) is 0 Å². The molecule has 5 nitrogen and oxygen atoms in total. The van der Waals surface area contributed by atoms with Crippen molar-refractivity contribution in [2.75, 3.05) is 23.7 Å². The molecule has 5 heteroatoms. The van der Waals surface area contributed by atoms with Crippen LogP contribution < -0.4 is 10.6 Å². The summed E-state index contributed by atoms with van der Waals surface area (Å²) in [5.74, 6) is 1.70. The number of rotatable bonds is 1. The van der Waals surface area contributed by atoms with Crippen LogP contribution in [0.3, 0.4) is 0 Å². The number of nitrogen functional groups attached to an aromatic ring is 1. The fourth-order valence-electron chi connectivity index (χ4n) is 3.28. The first kappa shape index (κ1) is 11.7. The highest BCUT2D eigenvalue weighted by Gasteiger charge is 2.42. The van der Waals surface area contributed by atoms with Crippen molar-refractivity contribution < 1.29 is 5.11 Å². The third-order valence-corrected chi connectivity index (χ3v) is 4.42. The number of anilines is 2. The van der Waals surface area contributed by atoms with Gasteiger partial charge in [0.1, 0.15) is 5.82 Å². The van der Waals surface area contributed by atoms with E-state index >= 15 is 0 Å². The maximum absolute atomic E-state index is 10.6. The zero-order chi connectivity index (χ0) is 12.6. The minimum Gasteiger partial charge on any atom is -0.389 e. The first-order chi connectivity index (χ1) is 8.67. The van der Waals surface area contributed by atoms with E-state index in [9.17, 15) is 5.11 Å². The van der Waals surface area contributed by atoms with Gasteiger partial charge in [-0.15, -0.1) is 10.2 Å². The lowest BCUT2D eigenvalue weighted by Crippen LogP contribution is -2.53. The molecule has 0 aromatic carbocycles. The molecule has 2 aliphatic rings. The Bertz CT molecular complexity index is 422. The second kappa shape index (κ2) is 4.39. The largest absolute Gasteiger partial charge is 0.389 e. The molecular weight excluding hydrogens is 228 g/mol. The Balaban J connectivity index is 1.75. The Kier molecular flexibility index (Phi) is 2.86. The lowest BCUT2D eigenvalue weighted by Gasteiger charge is -2.47. The highest BCUT2D eigenvalue weighted by molar-refractivity contribution is 5.42. The average molecular weight is 248 g/mol. The molecule has 98 valence electrons. The molecule has 0 spiro atoms. The summed E-state index contributed by atoms with van der Waals surface area (Å²) in [6, 6.07) is 3.69. The lowest BCUT2D eigenvalue weighted by molar-refractivity contribution is -0.0613. The van der Waals surface area contributed by atoms with Crippen molar-refractivity contribution in [1.82, 2.24) is 10.2 Å². The molecular formula is C13H20N4O. The monoisotopic (exact) mass is 248 g/mol. The van der Waals surface area contributed by atoms with Crippen LogP contribution in [0, 0.1) is 5.92 Å². The van der Waals surface area contributed by atoms with E-state index in [0.717, 1.165) is 44.6 Å². The molecule has 18 heavy (non-hydrogen) atoms. The SMILES string of the molecule is Nc1ccc(N2CCC3(O)CCCCC3C2)nn1. The molecule has 2 unspecified atom stereocenters. The zero-order valence-corrected chi connectivity index (χ0v) is 10.5. The van der Waals surface area contributed by atoms with Gasteiger partial charge in [0.2, 0.25) is 0 Å². The average Bonchev–Trinajstić information content (AvgIpc) is 2.39. The summed E-state index contributed by atoms with van der Waals surface area (Å²) in [5.41, 5.74) is 5.12. The van der Waals surface area contributed by atoms with Crippen LogP contribution >= 0.6 is 0 Å². The van der Waals surface area contributed by atoms with Crippen LogP contribution in [0.25, 0.3) is 0 Å². The summed E-state index contributed by atoms with van der Waals surface area (Å²) in [5, 5.41) is 18.6. The number of nitrogens with zero attached hydrogens (tertiary/aromatic N) is 3. The lowest BCUT2D eigenvalue weighted by atomic mass is 9.71. The molecule has 0 bridgehead atoms. The summed E-state index contributed by atoms with van der Waals surface area (Å²) in [4.78, 5) is 2.22. The highest BCUT2D eigenvalue weighted by atomic mass is 16.3. The standard InChI is InChI=1S/C13H20N4O/c14-11-4-5-12(16-15-11)17-8-7-13(18)6-2-1-3-10(13)9-17/h4-5,10,18H,1-3,6-9H2,(H2,14,15). The molecule has 1 saturated carbocycles. The van der Waals surface area contributed by atoms with Crippen molar-refractivity contribution >= 4 is 11.6 Å². The minimum absolute atomic E-state index is 0.374. The number of fused-ring (bicyclic) bond motifs is 1. The Morgan fingerprint density at radius 3 is 2.94 bits per heavy atom. The second-order valence-corrected chi connectivity index (χ2v) is 5.56. The van der Waals surface area contributed by atoms with Crippen LogP contribution in [0.4, 0.5) is 11.6 Å². The van der Waals surface area contributed by atoms with Gasteiger partial charge >= 0.3 is 0 Å². The van der Waals surface area contributed by atoms with Gasteiger partial charge in [-0.05, 0) is 31.4 Å². The number of hydrogen-bond donors (Lipinski definition) is 2. The van der Waals surface area contributed by atoms with Gasteiger partial charge < -0.3 is 15.7 Å². The maximum Gasteiger partial charge on any atom is 0.151 e. The van der Waals surface area contributed by atoms with Crippen LogP contribution in [-0.4, -0.2) is 34.0 Å². The zero-order valence-electron chi connectivity index (χ0n) is 10.5. The maximum atomic E-state index is 10.6.